The van der Waals surface area contributed by atoms with E-state index < -0.39 is 48.1 Å². The zero-order chi connectivity index (χ0) is 28.7. The minimum Gasteiger partial charge on any atom is -0.452 e. The Balaban J connectivity index is 1.85. The fourth-order valence-corrected chi connectivity index (χ4v) is 4.98. The summed E-state index contributed by atoms with van der Waals surface area (Å²) < 4.78 is 5.53. The molecule has 2 amide bonds. The number of aliphatic hydroxyl groups is 1. The Morgan fingerprint density at radius 2 is 1.62 bits per heavy atom. The average molecular weight is 542 g/mol. The fourth-order valence-electron chi connectivity index (χ4n) is 4.98. The lowest BCUT2D eigenvalue weighted by Gasteiger charge is -2.32. The van der Waals surface area contributed by atoms with E-state index in [1.54, 1.807) is 27.7 Å². The predicted molar refractivity (Wildman–Crippen MR) is 148 cm³/mol. The van der Waals surface area contributed by atoms with Crippen molar-refractivity contribution in [2.24, 2.45) is 11.8 Å². The summed E-state index contributed by atoms with van der Waals surface area (Å²) >= 11 is 0. The van der Waals surface area contributed by atoms with Crippen LogP contribution in [0.25, 0.3) is 6.08 Å². The summed E-state index contributed by atoms with van der Waals surface area (Å²) in [5, 5.41) is 19.5. The van der Waals surface area contributed by atoms with Gasteiger partial charge in [0.1, 0.15) is 0 Å². The highest BCUT2D eigenvalue weighted by Crippen LogP contribution is 2.20. The number of Topliss-reactive ketones (excluding diaryl/α,β-unsaturated/α-hetero) is 1. The number of amides is 2. The standard InChI is InChI=1S/C30H43N3O6/c1-17(2)27-29(37)32-20(5)26(35)23-13-9-14-24(33-23)28(36)31-19(4)22-12-8-11-21(16-22)10-6-7-15-25(34)18(3)30(38)39-27/h6,8,10-12,16-20,23-25,27,33-34H,7,9,13-15H2,1-5H3,(H,31,36)(H,32,37)/t18-,19-,20+,23?,24+,25-,27+/m1/s1. The van der Waals surface area contributed by atoms with Gasteiger partial charge in [-0.15, -0.1) is 0 Å². The van der Waals surface area contributed by atoms with E-state index in [2.05, 4.69) is 16.0 Å². The Morgan fingerprint density at radius 3 is 2.33 bits per heavy atom. The fraction of sp³-hybridized carbons (Fsp3) is 0.600. The molecule has 3 rings (SSSR count). The largest absolute Gasteiger partial charge is 0.452 e. The Morgan fingerprint density at radius 1 is 0.923 bits per heavy atom. The molecular weight excluding hydrogens is 498 g/mol. The summed E-state index contributed by atoms with van der Waals surface area (Å²) in [7, 11) is 0. The van der Waals surface area contributed by atoms with E-state index in [1.165, 1.54) is 0 Å². The smallest absolute Gasteiger partial charge is 0.312 e. The molecule has 1 fully saturated rings. The number of aliphatic hydroxyl groups excluding tert-OH is 1. The molecule has 2 aliphatic rings. The number of hydrogen-bond donors (Lipinski definition) is 4. The van der Waals surface area contributed by atoms with Gasteiger partial charge in [-0.3, -0.25) is 24.5 Å². The molecule has 0 aromatic heterocycles. The van der Waals surface area contributed by atoms with E-state index >= 15 is 0 Å². The molecule has 0 spiro atoms. The molecule has 0 saturated carbocycles. The van der Waals surface area contributed by atoms with Crippen LogP contribution in [-0.2, 0) is 23.9 Å². The summed E-state index contributed by atoms with van der Waals surface area (Å²) in [6, 6.07) is 5.66. The second-order valence-corrected chi connectivity index (χ2v) is 11.2. The van der Waals surface area contributed by atoms with Crippen LogP contribution >= 0.6 is 0 Å². The maximum Gasteiger partial charge on any atom is 0.312 e. The zero-order valence-electron chi connectivity index (χ0n) is 23.6. The molecule has 2 heterocycles. The van der Waals surface area contributed by atoms with Gasteiger partial charge in [-0.05, 0) is 76.0 Å². The van der Waals surface area contributed by atoms with Gasteiger partial charge in [0.15, 0.2) is 11.9 Å². The number of carbonyl (C=O) groups is 4. The Hall–Kier alpha value is -3.04. The molecule has 4 bridgehead atoms. The third-order valence-corrected chi connectivity index (χ3v) is 7.60. The molecule has 1 saturated heterocycles. The van der Waals surface area contributed by atoms with E-state index in [1.807, 2.05) is 43.3 Å². The molecule has 1 aromatic carbocycles. The molecular formula is C30H43N3O6. The minimum atomic E-state index is -1.10. The number of esters is 1. The molecule has 9 heteroatoms. The highest BCUT2D eigenvalue weighted by atomic mass is 16.5. The van der Waals surface area contributed by atoms with Crippen LogP contribution in [0.1, 0.15) is 83.9 Å². The molecule has 0 aliphatic carbocycles. The summed E-state index contributed by atoms with van der Waals surface area (Å²) in [6.07, 6.45) is 4.59. The van der Waals surface area contributed by atoms with Crippen LogP contribution in [0.4, 0.5) is 0 Å². The van der Waals surface area contributed by atoms with E-state index in [4.69, 9.17) is 4.74 Å². The average Bonchev–Trinajstić information content (AvgIpc) is 2.92. The van der Waals surface area contributed by atoms with Crippen LogP contribution in [0, 0.1) is 11.8 Å². The monoisotopic (exact) mass is 541 g/mol. The van der Waals surface area contributed by atoms with Gasteiger partial charge in [0.05, 0.1) is 36.2 Å². The van der Waals surface area contributed by atoms with Crippen molar-refractivity contribution < 1.29 is 29.0 Å². The molecule has 0 radical (unpaired) electrons. The Bertz CT molecular complexity index is 1070. The van der Waals surface area contributed by atoms with Crippen molar-refractivity contribution in [2.45, 2.75) is 103 Å². The van der Waals surface area contributed by atoms with Crippen LogP contribution in [0.15, 0.2) is 30.3 Å². The second kappa shape index (κ2) is 13.8. The SMILES string of the molecule is CC(C)[C@@H]1OC(=O)[C@H](C)[C@H](O)CCC=Cc2cccc(c2)[C@@H](C)NC(=O)[C@@H]2CCCC(N2)C(=O)[C@H](C)NC1=O. The molecule has 1 aromatic rings. The van der Waals surface area contributed by atoms with Crippen molar-refractivity contribution in [3.63, 3.8) is 0 Å². The van der Waals surface area contributed by atoms with E-state index in [-0.39, 0.29) is 23.7 Å². The molecule has 39 heavy (non-hydrogen) atoms. The summed E-state index contributed by atoms with van der Waals surface area (Å²) in [4.78, 5) is 52.1. The summed E-state index contributed by atoms with van der Waals surface area (Å²) in [5.41, 5.74) is 1.91. The second-order valence-electron chi connectivity index (χ2n) is 11.2. The first kappa shape index (κ1) is 30.5. The molecule has 214 valence electrons. The lowest BCUT2D eigenvalue weighted by atomic mass is 9.92. The number of carbonyl (C=O) groups excluding carboxylic acids is 4. The van der Waals surface area contributed by atoms with Gasteiger partial charge < -0.3 is 20.5 Å². The van der Waals surface area contributed by atoms with Gasteiger partial charge in [-0.1, -0.05) is 44.2 Å². The molecule has 1 unspecified atom stereocenters. The van der Waals surface area contributed by atoms with Crippen molar-refractivity contribution in [3.8, 4) is 0 Å². The predicted octanol–water partition coefficient (Wildman–Crippen LogP) is 2.82. The van der Waals surface area contributed by atoms with Gasteiger partial charge in [0.2, 0.25) is 5.91 Å². The zero-order valence-corrected chi connectivity index (χ0v) is 23.6. The van der Waals surface area contributed by atoms with Gasteiger partial charge >= 0.3 is 5.97 Å². The van der Waals surface area contributed by atoms with Crippen LogP contribution < -0.4 is 16.0 Å². The topological polar surface area (TPSA) is 134 Å². The molecule has 2 aliphatic heterocycles. The first-order valence-corrected chi connectivity index (χ1v) is 14.0. The number of fused-ring (bicyclic) bond motifs is 4. The van der Waals surface area contributed by atoms with Gasteiger partial charge in [-0.2, -0.15) is 0 Å². The normalized spacial score (nSPS) is 31.9. The van der Waals surface area contributed by atoms with Crippen molar-refractivity contribution in [3.05, 3.63) is 41.5 Å². The van der Waals surface area contributed by atoms with E-state index in [0.717, 1.165) is 11.1 Å². The van der Waals surface area contributed by atoms with E-state index in [9.17, 15) is 24.3 Å². The van der Waals surface area contributed by atoms with Crippen molar-refractivity contribution in [2.75, 3.05) is 0 Å². The lowest BCUT2D eigenvalue weighted by Crippen LogP contribution is -2.58. The number of piperidine rings is 1. The van der Waals surface area contributed by atoms with Crippen LogP contribution in [0.3, 0.4) is 0 Å². The lowest BCUT2D eigenvalue weighted by molar-refractivity contribution is -0.165. The Labute approximate surface area is 231 Å². The summed E-state index contributed by atoms with van der Waals surface area (Å²) in [5.74, 6) is -2.78. The number of ether oxygens (including phenoxy) is 1. The van der Waals surface area contributed by atoms with Crippen LogP contribution in [0.2, 0.25) is 0 Å². The maximum absolute atomic E-state index is 13.2. The van der Waals surface area contributed by atoms with Crippen molar-refractivity contribution in [1.29, 1.82) is 0 Å². The van der Waals surface area contributed by atoms with Crippen molar-refractivity contribution >= 4 is 29.6 Å². The minimum absolute atomic E-state index is 0.172. The number of benzene rings is 1. The highest BCUT2D eigenvalue weighted by Gasteiger charge is 2.36. The van der Waals surface area contributed by atoms with E-state index in [0.29, 0.717) is 32.1 Å². The number of cyclic esters (lactones) is 1. The maximum atomic E-state index is 13.2. The van der Waals surface area contributed by atoms with Gasteiger partial charge in [-0.25, -0.2) is 0 Å². The third-order valence-electron chi connectivity index (χ3n) is 7.60. The van der Waals surface area contributed by atoms with Crippen molar-refractivity contribution in [1.82, 2.24) is 16.0 Å². The first-order valence-electron chi connectivity index (χ1n) is 14.0. The molecule has 9 nitrogen and oxygen atoms in total. The van der Waals surface area contributed by atoms with Gasteiger partial charge in [0.25, 0.3) is 5.91 Å². The molecule has 7 atom stereocenters. The summed E-state index contributed by atoms with van der Waals surface area (Å²) in [6.45, 7) is 8.60. The quantitative estimate of drug-likeness (QED) is 0.402. The van der Waals surface area contributed by atoms with Gasteiger partial charge in [0, 0.05) is 0 Å². The molecule has 4 N–H and O–H groups in total. The number of rotatable bonds is 1. The third kappa shape index (κ3) is 8.22. The number of ketones is 1. The first-order chi connectivity index (χ1) is 18.5. The number of allylic oxidation sites excluding steroid dienone is 1. The highest BCUT2D eigenvalue weighted by molar-refractivity contribution is 5.94. The number of nitrogens with one attached hydrogen (secondary N) is 3. The van der Waals surface area contributed by atoms with Crippen LogP contribution in [-0.4, -0.2) is 59.0 Å². The number of hydrogen-bond acceptors (Lipinski definition) is 7. The van der Waals surface area contributed by atoms with Crippen LogP contribution in [0.5, 0.6) is 0 Å². The Kier molecular flexibility index (Phi) is 10.8.